The number of hydrogen-bond donors (Lipinski definition) is 0. The molecule has 1 aromatic heterocycles. The van der Waals surface area contributed by atoms with E-state index in [1.807, 2.05) is 32.9 Å². The second kappa shape index (κ2) is 8.27. The Kier molecular flexibility index (Phi) is 5.75. The molecule has 1 saturated heterocycles. The third kappa shape index (κ3) is 3.89. The van der Waals surface area contributed by atoms with Crippen LogP contribution in [0.2, 0.25) is 0 Å². The van der Waals surface area contributed by atoms with Crippen LogP contribution < -0.4 is 0 Å². The van der Waals surface area contributed by atoms with Crippen LogP contribution in [0.4, 0.5) is 5.69 Å². The molecule has 4 rings (SSSR count). The second-order valence-electron chi connectivity index (χ2n) is 8.36. The van der Waals surface area contributed by atoms with E-state index >= 15 is 0 Å². The molecule has 1 aliphatic rings. The van der Waals surface area contributed by atoms with E-state index < -0.39 is 14.9 Å². The van der Waals surface area contributed by atoms with Gasteiger partial charge in [-0.05, 0) is 44.4 Å². The summed E-state index contributed by atoms with van der Waals surface area (Å²) >= 11 is 0. The summed E-state index contributed by atoms with van der Waals surface area (Å²) in [6.45, 7) is 7.93. The third-order valence-corrected chi connectivity index (χ3v) is 8.24. The zero-order valence-electron chi connectivity index (χ0n) is 18.9. The number of piperazine rings is 1. The van der Waals surface area contributed by atoms with Crippen molar-refractivity contribution in [3.8, 4) is 0 Å². The standard InChI is InChI=1S/C23H25N3O6S/c1-14-7-8-18(26(28)29)13-19(14)33(30,31)25-11-9-24(10-12-25)23(27)22-17(4)20-15(2)5-6-16(3)21(20)32-22/h5-8,13H,9-12H2,1-4H3. The molecular weight excluding hydrogens is 446 g/mol. The number of rotatable bonds is 4. The second-order valence-corrected chi connectivity index (χ2v) is 10.3. The van der Waals surface area contributed by atoms with E-state index in [9.17, 15) is 23.3 Å². The fourth-order valence-electron chi connectivity index (χ4n) is 4.27. The highest BCUT2D eigenvalue weighted by Crippen LogP contribution is 2.32. The van der Waals surface area contributed by atoms with Gasteiger partial charge in [0.15, 0.2) is 5.76 Å². The fraction of sp³-hybridized carbons (Fsp3) is 0.348. The molecule has 1 amide bonds. The van der Waals surface area contributed by atoms with Crippen molar-refractivity contribution in [3.05, 3.63) is 68.5 Å². The van der Waals surface area contributed by atoms with Crippen LogP contribution in [0.15, 0.2) is 39.6 Å². The van der Waals surface area contributed by atoms with Gasteiger partial charge in [0.1, 0.15) is 5.58 Å². The number of carbonyl (C=O) groups is 1. The average molecular weight is 472 g/mol. The summed E-state index contributed by atoms with van der Waals surface area (Å²) in [5.41, 5.74) is 3.60. The number of hydrogen-bond acceptors (Lipinski definition) is 6. The Morgan fingerprint density at radius 1 is 0.970 bits per heavy atom. The molecule has 0 unspecified atom stereocenters. The summed E-state index contributed by atoms with van der Waals surface area (Å²) in [4.78, 5) is 25.2. The Morgan fingerprint density at radius 2 is 1.58 bits per heavy atom. The van der Waals surface area contributed by atoms with Gasteiger partial charge >= 0.3 is 0 Å². The zero-order chi connectivity index (χ0) is 24.1. The van der Waals surface area contributed by atoms with Crippen LogP contribution in [0.25, 0.3) is 11.0 Å². The van der Waals surface area contributed by atoms with E-state index in [0.717, 1.165) is 28.1 Å². The van der Waals surface area contributed by atoms with Gasteiger partial charge in [-0.2, -0.15) is 4.31 Å². The van der Waals surface area contributed by atoms with Crippen LogP contribution in [0.5, 0.6) is 0 Å². The molecule has 10 heteroatoms. The molecule has 2 aromatic carbocycles. The summed E-state index contributed by atoms with van der Waals surface area (Å²) in [5, 5.41) is 12.0. The van der Waals surface area contributed by atoms with Crippen LogP contribution >= 0.6 is 0 Å². The van der Waals surface area contributed by atoms with Crippen LogP contribution in [-0.4, -0.2) is 54.6 Å². The van der Waals surface area contributed by atoms with Crippen molar-refractivity contribution in [3.63, 3.8) is 0 Å². The number of benzene rings is 2. The summed E-state index contributed by atoms with van der Waals surface area (Å²) in [7, 11) is -3.93. The maximum atomic E-state index is 13.2. The predicted octanol–water partition coefficient (Wildman–Crippen LogP) is 3.72. The molecule has 0 spiro atoms. The van der Waals surface area contributed by atoms with Crippen LogP contribution in [0.1, 0.15) is 32.8 Å². The van der Waals surface area contributed by atoms with E-state index in [1.165, 1.54) is 16.4 Å². The molecule has 3 aromatic rings. The van der Waals surface area contributed by atoms with Gasteiger partial charge in [0.2, 0.25) is 10.0 Å². The maximum Gasteiger partial charge on any atom is 0.289 e. The summed E-state index contributed by atoms with van der Waals surface area (Å²) in [6.07, 6.45) is 0. The number of nitrogens with zero attached hydrogens (tertiary/aromatic N) is 3. The number of furan rings is 1. The quantitative estimate of drug-likeness (QED) is 0.423. The lowest BCUT2D eigenvalue weighted by molar-refractivity contribution is -0.385. The number of carbonyl (C=O) groups excluding carboxylic acids is 1. The van der Waals surface area contributed by atoms with Gasteiger partial charge in [-0.25, -0.2) is 8.42 Å². The number of aryl methyl sites for hydroxylation is 4. The highest BCUT2D eigenvalue weighted by Gasteiger charge is 2.34. The van der Waals surface area contributed by atoms with Gasteiger partial charge < -0.3 is 9.32 Å². The lowest BCUT2D eigenvalue weighted by Gasteiger charge is -2.33. The molecular formula is C23H25N3O6S. The first-order valence-electron chi connectivity index (χ1n) is 10.6. The topological polar surface area (TPSA) is 114 Å². The highest BCUT2D eigenvalue weighted by atomic mass is 32.2. The number of nitro groups is 1. The molecule has 9 nitrogen and oxygen atoms in total. The largest absolute Gasteiger partial charge is 0.450 e. The van der Waals surface area contributed by atoms with Gasteiger partial charge in [-0.1, -0.05) is 18.2 Å². The molecule has 2 heterocycles. The highest BCUT2D eigenvalue weighted by molar-refractivity contribution is 7.89. The smallest absolute Gasteiger partial charge is 0.289 e. The lowest BCUT2D eigenvalue weighted by Crippen LogP contribution is -2.50. The van der Waals surface area contributed by atoms with Crippen LogP contribution in [-0.2, 0) is 10.0 Å². The van der Waals surface area contributed by atoms with Crippen LogP contribution in [0.3, 0.4) is 0 Å². The van der Waals surface area contributed by atoms with Crippen molar-refractivity contribution < 1.29 is 22.6 Å². The SMILES string of the molecule is Cc1ccc([N+](=O)[O-])cc1S(=O)(=O)N1CCN(C(=O)c2oc3c(C)ccc(C)c3c2C)CC1. The van der Waals surface area contributed by atoms with Gasteiger partial charge in [0.05, 0.1) is 9.82 Å². The van der Waals surface area contributed by atoms with E-state index in [0.29, 0.717) is 11.1 Å². The molecule has 33 heavy (non-hydrogen) atoms. The molecule has 0 bridgehead atoms. The van der Waals surface area contributed by atoms with Crippen molar-refractivity contribution in [1.82, 2.24) is 9.21 Å². The minimum absolute atomic E-state index is 0.0874. The fourth-order valence-corrected chi connectivity index (χ4v) is 5.94. The summed E-state index contributed by atoms with van der Waals surface area (Å²) in [6, 6.07) is 7.75. The molecule has 0 saturated carbocycles. The number of fused-ring (bicyclic) bond motifs is 1. The Bertz CT molecular complexity index is 1380. The third-order valence-electron chi connectivity index (χ3n) is 6.20. The van der Waals surface area contributed by atoms with Gasteiger partial charge in [-0.15, -0.1) is 0 Å². The summed E-state index contributed by atoms with van der Waals surface area (Å²) < 4.78 is 33.5. The van der Waals surface area contributed by atoms with E-state index in [1.54, 1.807) is 11.8 Å². The Hall–Kier alpha value is -3.24. The number of non-ortho nitro benzene ring substituents is 1. The number of sulfonamides is 1. The maximum absolute atomic E-state index is 13.2. The van der Waals surface area contributed by atoms with Crippen molar-refractivity contribution in [2.75, 3.05) is 26.2 Å². The predicted molar refractivity (Wildman–Crippen MR) is 123 cm³/mol. The van der Waals surface area contributed by atoms with Crippen LogP contribution in [0, 0.1) is 37.8 Å². The van der Waals surface area contributed by atoms with Gasteiger partial charge in [-0.3, -0.25) is 14.9 Å². The van der Waals surface area contributed by atoms with Gasteiger partial charge in [0, 0.05) is 49.3 Å². The average Bonchev–Trinajstić information content (AvgIpc) is 3.14. The molecule has 0 radical (unpaired) electrons. The molecule has 0 N–H and O–H groups in total. The van der Waals surface area contributed by atoms with E-state index in [-0.39, 0.29) is 48.4 Å². The van der Waals surface area contributed by atoms with E-state index in [2.05, 4.69) is 0 Å². The molecule has 0 aliphatic carbocycles. The van der Waals surface area contributed by atoms with Crippen molar-refractivity contribution in [1.29, 1.82) is 0 Å². The Labute approximate surface area is 191 Å². The molecule has 0 atom stereocenters. The minimum atomic E-state index is -3.93. The molecule has 1 fully saturated rings. The molecule has 174 valence electrons. The number of amides is 1. The monoisotopic (exact) mass is 471 g/mol. The zero-order valence-corrected chi connectivity index (χ0v) is 19.7. The van der Waals surface area contributed by atoms with Gasteiger partial charge in [0.25, 0.3) is 11.6 Å². The van der Waals surface area contributed by atoms with E-state index in [4.69, 9.17) is 4.42 Å². The summed E-state index contributed by atoms with van der Waals surface area (Å²) in [5.74, 6) is -0.000636. The van der Waals surface area contributed by atoms with Crippen molar-refractivity contribution in [2.45, 2.75) is 32.6 Å². The number of nitro benzene ring substituents is 1. The normalized spacial score (nSPS) is 15.2. The minimum Gasteiger partial charge on any atom is -0.450 e. The molecule has 1 aliphatic heterocycles. The first kappa shape index (κ1) is 22.9. The Morgan fingerprint density at radius 3 is 2.18 bits per heavy atom. The van der Waals surface area contributed by atoms with Crippen molar-refractivity contribution in [2.24, 2.45) is 0 Å². The Balaban J connectivity index is 1.56. The lowest BCUT2D eigenvalue weighted by atomic mass is 10.0. The first-order chi connectivity index (χ1) is 15.5. The van der Waals surface area contributed by atoms with Crippen molar-refractivity contribution >= 4 is 32.6 Å². The first-order valence-corrected chi connectivity index (χ1v) is 12.0.